The van der Waals surface area contributed by atoms with Crippen LogP contribution < -0.4 is 4.74 Å². The van der Waals surface area contributed by atoms with Gasteiger partial charge in [0.1, 0.15) is 11.9 Å². The Morgan fingerprint density at radius 2 is 1.68 bits per heavy atom. The molecule has 5 rings (SSSR count). The van der Waals surface area contributed by atoms with Crippen LogP contribution >= 0.6 is 11.8 Å². The van der Waals surface area contributed by atoms with E-state index in [0.29, 0.717) is 18.4 Å². The average molecular weight is 526 g/mol. The highest BCUT2D eigenvalue weighted by Gasteiger charge is 2.44. The van der Waals surface area contributed by atoms with Crippen LogP contribution in [0, 0.1) is 13.8 Å². The predicted molar refractivity (Wildman–Crippen MR) is 140 cm³/mol. The lowest BCUT2D eigenvalue weighted by molar-refractivity contribution is -0.137. The second-order valence-corrected chi connectivity index (χ2v) is 11.1. The van der Waals surface area contributed by atoms with Crippen molar-refractivity contribution in [1.82, 2.24) is 4.90 Å². The molecule has 2 heterocycles. The van der Waals surface area contributed by atoms with Crippen molar-refractivity contribution in [2.24, 2.45) is 0 Å². The number of rotatable bonds is 6. The molecule has 2 aliphatic rings. The van der Waals surface area contributed by atoms with Crippen molar-refractivity contribution in [2.75, 3.05) is 0 Å². The van der Waals surface area contributed by atoms with Gasteiger partial charge in [-0.2, -0.15) is 13.2 Å². The van der Waals surface area contributed by atoms with E-state index in [4.69, 9.17) is 4.74 Å². The van der Waals surface area contributed by atoms with Gasteiger partial charge < -0.3 is 9.64 Å². The molecule has 0 spiro atoms. The molecule has 3 aromatic rings. The first kappa shape index (κ1) is 25.7. The molecule has 0 radical (unpaired) electrons. The summed E-state index contributed by atoms with van der Waals surface area (Å²) < 4.78 is 45.1. The van der Waals surface area contributed by atoms with E-state index >= 15 is 0 Å². The number of hydrogen-bond donors (Lipinski definition) is 0. The normalized spacial score (nSPS) is 21.2. The van der Waals surface area contributed by atoms with Gasteiger partial charge in [-0.15, -0.1) is 11.8 Å². The van der Waals surface area contributed by atoms with Crippen LogP contribution in [0.3, 0.4) is 0 Å². The minimum absolute atomic E-state index is 0.0266. The van der Waals surface area contributed by atoms with E-state index < -0.39 is 11.7 Å². The van der Waals surface area contributed by atoms with Gasteiger partial charge in [0.15, 0.2) is 0 Å². The Bertz CT molecular complexity index is 1260. The molecule has 2 saturated heterocycles. The fraction of sp³-hybridized carbons (Fsp3) is 0.367. The molecule has 37 heavy (non-hydrogen) atoms. The Morgan fingerprint density at radius 1 is 0.973 bits per heavy atom. The number of nitrogens with zero attached hydrogens (tertiary/aromatic N) is 1. The maximum Gasteiger partial charge on any atom is 0.416 e. The number of fused-ring (bicyclic) bond motifs is 2. The average Bonchev–Trinajstić information content (AvgIpc) is 3.14. The molecule has 2 unspecified atom stereocenters. The number of carbonyl (C=O) groups excluding carboxylic acids is 1. The van der Waals surface area contributed by atoms with Gasteiger partial charge in [-0.25, -0.2) is 0 Å². The quantitative estimate of drug-likeness (QED) is 0.307. The van der Waals surface area contributed by atoms with Gasteiger partial charge in [-0.3, -0.25) is 4.79 Å². The first-order valence-corrected chi connectivity index (χ1v) is 13.6. The van der Waals surface area contributed by atoms with Crippen LogP contribution in [0.15, 0.2) is 71.6 Å². The first-order chi connectivity index (χ1) is 17.7. The van der Waals surface area contributed by atoms with Gasteiger partial charge in [0, 0.05) is 41.1 Å². The summed E-state index contributed by atoms with van der Waals surface area (Å²) in [6.45, 7) is 4.21. The number of hydrogen-bond acceptors (Lipinski definition) is 3. The molecule has 3 aromatic carbocycles. The smallest absolute Gasteiger partial charge is 0.416 e. The molecular weight excluding hydrogens is 495 g/mol. The summed E-state index contributed by atoms with van der Waals surface area (Å²) in [6.07, 6.45) is -1.56. The lowest BCUT2D eigenvalue weighted by Gasteiger charge is -2.39. The van der Waals surface area contributed by atoms with E-state index in [1.807, 2.05) is 29.2 Å². The van der Waals surface area contributed by atoms with E-state index in [2.05, 4.69) is 32.0 Å². The molecular formula is C30H30F3NO2S. The van der Waals surface area contributed by atoms with Crippen LogP contribution in [0.25, 0.3) is 0 Å². The second kappa shape index (κ2) is 10.4. The third kappa shape index (κ3) is 5.82. The number of aryl methyl sites for hydroxylation is 2. The first-order valence-electron chi connectivity index (χ1n) is 12.6. The molecule has 2 atom stereocenters. The maximum absolute atomic E-state index is 13.4. The molecule has 0 aromatic heterocycles. The third-order valence-electron chi connectivity index (χ3n) is 7.33. The van der Waals surface area contributed by atoms with Crippen molar-refractivity contribution in [2.45, 2.75) is 74.5 Å². The van der Waals surface area contributed by atoms with Gasteiger partial charge in [-0.1, -0.05) is 35.9 Å². The Labute approximate surface area is 220 Å². The van der Waals surface area contributed by atoms with Crippen molar-refractivity contribution in [3.05, 3.63) is 94.5 Å². The topological polar surface area (TPSA) is 29.5 Å². The van der Waals surface area contributed by atoms with E-state index in [9.17, 15) is 18.0 Å². The van der Waals surface area contributed by atoms with Gasteiger partial charge >= 0.3 is 6.18 Å². The molecule has 194 valence electrons. The molecule has 7 heteroatoms. The minimum atomic E-state index is -4.40. The van der Waals surface area contributed by atoms with Crippen molar-refractivity contribution in [3.63, 3.8) is 0 Å². The highest BCUT2D eigenvalue weighted by Crippen LogP contribution is 2.39. The Hall–Kier alpha value is -2.93. The Balaban J connectivity index is 1.20. The molecule has 0 aliphatic carbocycles. The van der Waals surface area contributed by atoms with E-state index in [0.717, 1.165) is 30.7 Å². The molecule has 0 saturated carbocycles. The number of piperidine rings is 1. The zero-order valence-electron chi connectivity index (χ0n) is 20.9. The molecule has 1 amide bonds. The Kier molecular flexibility index (Phi) is 7.26. The maximum atomic E-state index is 13.4. The summed E-state index contributed by atoms with van der Waals surface area (Å²) in [7, 11) is 0. The number of amides is 1. The summed E-state index contributed by atoms with van der Waals surface area (Å²) in [5, 5.41) is 0. The largest absolute Gasteiger partial charge is 0.490 e. The minimum Gasteiger partial charge on any atom is -0.490 e. The summed E-state index contributed by atoms with van der Waals surface area (Å²) in [5.41, 5.74) is 3.63. The predicted octanol–water partition coefficient (Wildman–Crippen LogP) is 7.83. The zero-order valence-corrected chi connectivity index (χ0v) is 21.7. The standard InChI is InChI=1S/C30H30F3NO2S/c1-19-6-7-20(2)28(14-19)37-18-21-8-10-22(11-9-21)29(35)34-24-12-13-25(34)17-27(16-24)36-26-5-3-4-23(15-26)30(31,32)33/h3-11,14-15,24-25,27H,12-13,16-18H2,1-2H3. The van der Waals surface area contributed by atoms with Crippen LogP contribution in [-0.4, -0.2) is 29.0 Å². The van der Waals surface area contributed by atoms with Crippen LogP contribution in [0.2, 0.25) is 0 Å². The summed E-state index contributed by atoms with van der Waals surface area (Å²) >= 11 is 1.80. The molecule has 2 fully saturated rings. The number of carbonyl (C=O) groups is 1. The SMILES string of the molecule is Cc1ccc(C)c(SCc2ccc(C(=O)N3C4CCC3CC(Oc3cccc(C(F)(F)F)c3)C4)cc2)c1. The fourth-order valence-electron chi connectivity index (χ4n) is 5.41. The van der Waals surface area contributed by atoms with E-state index in [-0.39, 0.29) is 29.8 Å². The summed E-state index contributed by atoms with van der Waals surface area (Å²) in [4.78, 5) is 16.7. The lowest BCUT2D eigenvalue weighted by Crippen LogP contribution is -2.49. The third-order valence-corrected chi connectivity index (χ3v) is 8.56. The second-order valence-electron chi connectivity index (χ2n) is 10.1. The number of thioether (sulfide) groups is 1. The van der Waals surface area contributed by atoms with Crippen molar-refractivity contribution >= 4 is 17.7 Å². The Morgan fingerprint density at radius 3 is 2.35 bits per heavy atom. The molecule has 2 aliphatic heterocycles. The lowest BCUT2D eigenvalue weighted by atomic mass is 9.98. The summed E-state index contributed by atoms with van der Waals surface area (Å²) in [5.74, 6) is 1.09. The van der Waals surface area contributed by atoms with Crippen LogP contribution in [0.1, 0.15) is 58.3 Å². The molecule has 2 bridgehead atoms. The molecule has 0 N–H and O–H groups in total. The van der Waals surface area contributed by atoms with E-state index in [1.54, 1.807) is 17.8 Å². The van der Waals surface area contributed by atoms with Crippen LogP contribution in [0.4, 0.5) is 13.2 Å². The monoisotopic (exact) mass is 525 g/mol. The number of alkyl halides is 3. The summed E-state index contributed by atoms with van der Waals surface area (Å²) in [6, 6.07) is 19.5. The van der Waals surface area contributed by atoms with Gasteiger partial charge in [0.2, 0.25) is 0 Å². The molecule has 3 nitrogen and oxygen atoms in total. The van der Waals surface area contributed by atoms with Crippen molar-refractivity contribution in [1.29, 1.82) is 0 Å². The highest BCUT2D eigenvalue weighted by molar-refractivity contribution is 7.98. The van der Waals surface area contributed by atoms with Crippen molar-refractivity contribution < 1.29 is 22.7 Å². The van der Waals surface area contributed by atoms with Gasteiger partial charge in [0.05, 0.1) is 5.56 Å². The number of halogens is 3. The highest BCUT2D eigenvalue weighted by atomic mass is 32.2. The van der Waals surface area contributed by atoms with Crippen molar-refractivity contribution in [3.8, 4) is 5.75 Å². The zero-order chi connectivity index (χ0) is 26.2. The van der Waals surface area contributed by atoms with Crippen LogP contribution in [-0.2, 0) is 11.9 Å². The number of benzene rings is 3. The fourth-order valence-corrected chi connectivity index (χ4v) is 6.49. The van der Waals surface area contributed by atoms with Crippen LogP contribution in [0.5, 0.6) is 5.75 Å². The van der Waals surface area contributed by atoms with E-state index in [1.165, 1.54) is 27.7 Å². The van der Waals surface area contributed by atoms with Gasteiger partial charge in [0.25, 0.3) is 5.91 Å². The number of ether oxygens (including phenoxy) is 1. The van der Waals surface area contributed by atoms with Gasteiger partial charge in [-0.05, 0) is 74.2 Å².